The SMILES string of the molecule is Bc1cccc(CNCO[SH](=O)=O)c1. The topological polar surface area (TPSA) is 55.4 Å². The molecular formula is C8H12BNO3S. The summed E-state index contributed by atoms with van der Waals surface area (Å²) in [5, 5.41) is 2.85. The Morgan fingerprint density at radius 2 is 2.21 bits per heavy atom. The highest BCUT2D eigenvalue weighted by atomic mass is 32.2. The van der Waals surface area contributed by atoms with Crippen molar-refractivity contribution < 1.29 is 12.6 Å². The Balaban J connectivity index is 2.31. The van der Waals surface area contributed by atoms with Crippen molar-refractivity contribution in [3.63, 3.8) is 0 Å². The fourth-order valence-corrected chi connectivity index (χ4v) is 1.31. The highest BCUT2D eigenvalue weighted by Gasteiger charge is 1.92. The minimum Gasteiger partial charge on any atom is -0.289 e. The smallest absolute Gasteiger partial charge is 0.258 e. The Morgan fingerprint density at radius 3 is 2.86 bits per heavy atom. The van der Waals surface area contributed by atoms with Gasteiger partial charge in [-0.25, -0.2) is 8.42 Å². The van der Waals surface area contributed by atoms with E-state index in [0.29, 0.717) is 6.54 Å². The van der Waals surface area contributed by atoms with E-state index in [4.69, 9.17) is 0 Å². The number of hydrogen-bond donors (Lipinski definition) is 2. The van der Waals surface area contributed by atoms with Crippen molar-refractivity contribution in [1.29, 1.82) is 0 Å². The summed E-state index contributed by atoms with van der Waals surface area (Å²) in [5.74, 6) is 0. The van der Waals surface area contributed by atoms with Crippen LogP contribution in [0, 0.1) is 0 Å². The third-order valence-corrected chi connectivity index (χ3v) is 2.02. The number of rotatable bonds is 5. The zero-order valence-electron chi connectivity index (χ0n) is 7.90. The zero-order chi connectivity index (χ0) is 10.4. The fourth-order valence-electron chi connectivity index (χ4n) is 1.12. The minimum atomic E-state index is -2.75. The lowest BCUT2D eigenvalue weighted by molar-refractivity contribution is 0.298. The van der Waals surface area contributed by atoms with Crippen LogP contribution in [0.25, 0.3) is 0 Å². The van der Waals surface area contributed by atoms with E-state index in [2.05, 4.69) is 9.50 Å². The van der Waals surface area contributed by atoms with E-state index in [1.54, 1.807) is 0 Å². The second-order valence-corrected chi connectivity index (χ2v) is 3.62. The molecule has 76 valence electrons. The monoisotopic (exact) mass is 213 g/mol. The first-order chi connectivity index (χ1) is 6.68. The van der Waals surface area contributed by atoms with Crippen LogP contribution in [0.5, 0.6) is 0 Å². The first kappa shape index (κ1) is 11.2. The summed E-state index contributed by atoms with van der Waals surface area (Å²) in [5.41, 5.74) is 2.29. The van der Waals surface area contributed by atoms with Gasteiger partial charge in [0.15, 0.2) is 0 Å². The molecule has 0 aromatic heterocycles. The van der Waals surface area contributed by atoms with Crippen molar-refractivity contribution in [2.75, 3.05) is 6.73 Å². The lowest BCUT2D eigenvalue weighted by Gasteiger charge is -2.03. The summed E-state index contributed by atoms with van der Waals surface area (Å²) in [7, 11) is -0.741. The minimum absolute atomic E-state index is 0.0205. The van der Waals surface area contributed by atoms with Gasteiger partial charge in [0.25, 0.3) is 11.0 Å². The van der Waals surface area contributed by atoms with E-state index < -0.39 is 11.0 Å². The molecule has 14 heavy (non-hydrogen) atoms. The Kier molecular flexibility index (Phi) is 4.65. The van der Waals surface area contributed by atoms with Crippen LogP contribution in [0.1, 0.15) is 5.56 Å². The molecule has 0 unspecified atom stereocenters. The summed E-state index contributed by atoms with van der Waals surface area (Å²) in [4.78, 5) is 0. The van der Waals surface area contributed by atoms with Gasteiger partial charge < -0.3 is 0 Å². The highest BCUT2D eigenvalue weighted by Crippen LogP contribution is 1.94. The molecule has 0 saturated carbocycles. The number of nitrogens with one attached hydrogen (secondary N) is 1. The molecule has 0 heterocycles. The summed E-state index contributed by atoms with van der Waals surface area (Å²) in [6.45, 7) is 0.623. The molecule has 4 nitrogen and oxygen atoms in total. The first-order valence-corrected chi connectivity index (χ1v) is 5.31. The molecule has 0 fully saturated rings. The summed E-state index contributed by atoms with van der Waals surface area (Å²) in [6, 6.07) is 7.97. The van der Waals surface area contributed by atoms with Crippen molar-refractivity contribution in [2.24, 2.45) is 0 Å². The predicted molar refractivity (Wildman–Crippen MR) is 57.7 cm³/mol. The van der Waals surface area contributed by atoms with Gasteiger partial charge in [-0.15, -0.1) is 0 Å². The number of benzene rings is 1. The maximum Gasteiger partial charge on any atom is 0.258 e. The predicted octanol–water partition coefficient (Wildman–Crippen LogP) is -1.46. The lowest BCUT2D eigenvalue weighted by atomic mass is 9.94. The van der Waals surface area contributed by atoms with Gasteiger partial charge in [0.2, 0.25) is 0 Å². The molecular weight excluding hydrogens is 201 g/mol. The van der Waals surface area contributed by atoms with E-state index in [1.165, 1.54) is 5.46 Å². The third kappa shape index (κ3) is 4.41. The quantitative estimate of drug-likeness (QED) is 0.271. The summed E-state index contributed by atoms with van der Waals surface area (Å²) >= 11 is 0. The van der Waals surface area contributed by atoms with Gasteiger partial charge in [-0.1, -0.05) is 29.7 Å². The van der Waals surface area contributed by atoms with Crippen molar-refractivity contribution in [1.82, 2.24) is 5.32 Å². The van der Waals surface area contributed by atoms with Crippen molar-refractivity contribution in [3.8, 4) is 0 Å². The first-order valence-electron chi connectivity index (χ1n) is 4.22. The maximum atomic E-state index is 10.0. The Morgan fingerprint density at radius 1 is 1.43 bits per heavy atom. The lowest BCUT2D eigenvalue weighted by Crippen LogP contribution is -2.17. The van der Waals surface area contributed by atoms with Crippen LogP contribution in [0.2, 0.25) is 0 Å². The van der Waals surface area contributed by atoms with E-state index >= 15 is 0 Å². The van der Waals surface area contributed by atoms with E-state index in [-0.39, 0.29) is 6.73 Å². The molecule has 0 aliphatic rings. The van der Waals surface area contributed by atoms with Gasteiger partial charge in [-0.2, -0.15) is 0 Å². The van der Waals surface area contributed by atoms with Gasteiger partial charge >= 0.3 is 0 Å². The van der Waals surface area contributed by atoms with Crippen molar-refractivity contribution in [2.45, 2.75) is 6.54 Å². The van der Waals surface area contributed by atoms with Gasteiger partial charge in [0.05, 0.1) is 0 Å². The van der Waals surface area contributed by atoms with Gasteiger partial charge in [-0.3, -0.25) is 9.50 Å². The van der Waals surface area contributed by atoms with Crippen LogP contribution in [-0.4, -0.2) is 23.0 Å². The second-order valence-electron chi connectivity index (χ2n) is 2.91. The molecule has 1 rings (SSSR count). The van der Waals surface area contributed by atoms with Crippen LogP contribution in [0.3, 0.4) is 0 Å². The average Bonchev–Trinajstić information content (AvgIpc) is 2.12. The van der Waals surface area contributed by atoms with Crippen LogP contribution >= 0.6 is 0 Å². The molecule has 6 heteroatoms. The molecule has 1 aromatic rings. The van der Waals surface area contributed by atoms with Gasteiger partial charge in [-0.05, 0) is 5.56 Å². The Labute approximate surface area is 85.8 Å². The van der Waals surface area contributed by atoms with Crippen molar-refractivity contribution in [3.05, 3.63) is 29.8 Å². The molecule has 0 atom stereocenters. The number of hydrogen-bond acceptors (Lipinski definition) is 4. The largest absolute Gasteiger partial charge is 0.289 e. The van der Waals surface area contributed by atoms with Gasteiger partial charge in [0, 0.05) is 6.54 Å². The normalized spacial score (nSPS) is 10.6. The van der Waals surface area contributed by atoms with Gasteiger partial charge in [0.1, 0.15) is 14.6 Å². The molecule has 1 N–H and O–H groups in total. The number of thiol groups is 1. The molecule has 0 amide bonds. The summed E-state index contributed by atoms with van der Waals surface area (Å²) < 4.78 is 24.4. The third-order valence-electron chi connectivity index (χ3n) is 1.68. The highest BCUT2D eigenvalue weighted by molar-refractivity contribution is 7.67. The zero-order valence-corrected chi connectivity index (χ0v) is 8.79. The van der Waals surface area contributed by atoms with Crippen LogP contribution in [0.15, 0.2) is 24.3 Å². The molecule has 0 spiro atoms. The summed E-state index contributed by atoms with van der Waals surface area (Å²) in [6.07, 6.45) is 0. The second kappa shape index (κ2) is 5.80. The molecule has 0 aliphatic carbocycles. The van der Waals surface area contributed by atoms with Crippen LogP contribution < -0.4 is 10.8 Å². The van der Waals surface area contributed by atoms with E-state index in [9.17, 15) is 8.42 Å². The molecule has 0 aliphatic heterocycles. The average molecular weight is 213 g/mol. The molecule has 1 aromatic carbocycles. The van der Waals surface area contributed by atoms with Crippen LogP contribution in [0.4, 0.5) is 0 Å². The standard InChI is InChI=1S/C8H12BNO3S/c9-8-3-1-2-7(4-8)5-10-6-13-14(11)12/h1-4,10,14H,5-6,9H2. The van der Waals surface area contributed by atoms with Crippen molar-refractivity contribution >= 4 is 24.3 Å². The Hall–Kier alpha value is -0.845. The maximum absolute atomic E-state index is 10.0. The Bertz CT molecular complexity index is 359. The van der Waals surface area contributed by atoms with E-state index in [0.717, 1.165) is 5.56 Å². The van der Waals surface area contributed by atoms with Crippen LogP contribution in [-0.2, 0) is 21.7 Å². The molecule has 0 saturated heterocycles. The van der Waals surface area contributed by atoms with E-state index in [1.807, 2.05) is 32.1 Å². The molecule has 0 bridgehead atoms. The fraction of sp³-hybridized carbons (Fsp3) is 0.250. The molecule has 0 radical (unpaired) electrons.